The standard InChI is InChI=1S/C12H16BrN3O4/c1-3-14-11(18)7(2)16-10(17)6-15-12(19)8-4-5-9(13)20-8/h4-5,7H,3,6H2,1-2H3,(H,14,18)(H,15,19)(H,16,17)/t7-/m0/s1. The van der Waals surface area contributed by atoms with Crippen molar-refractivity contribution in [2.75, 3.05) is 13.1 Å². The van der Waals surface area contributed by atoms with Gasteiger partial charge in [0.25, 0.3) is 5.91 Å². The van der Waals surface area contributed by atoms with Crippen molar-refractivity contribution in [2.45, 2.75) is 19.9 Å². The topological polar surface area (TPSA) is 100 Å². The van der Waals surface area contributed by atoms with E-state index in [1.54, 1.807) is 19.9 Å². The SMILES string of the molecule is CCNC(=O)[C@H](C)NC(=O)CNC(=O)c1ccc(Br)o1. The summed E-state index contributed by atoms with van der Waals surface area (Å²) >= 11 is 3.07. The Morgan fingerprint density at radius 1 is 1.30 bits per heavy atom. The summed E-state index contributed by atoms with van der Waals surface area (Å²) in [5.41, 5.74) is 0. The molecule has 0 saturated carbocycles. The monoisotopic (exact) mass is 345 g/mol. The number of amides is 3. The number of carbonyl (C=O) groups excluding carboxylic acids is 3. The molecule has 1 aromatic heterocycles. The summed E-state index contributed by atoms with van der Waals surface area (Å²) in [7, 11) is 0. The zero-order chi connectivity index (χ0) is 15.1. The third kappa shape index (κ3) is 5.04. The summed E-state index contributed by atoms with van der Waals surface area (Å²) in [6.07, 6.45) is 0. The molecule has 1 atom stereocenters. The van der Waals surface area contributed by atoms with Gasteiger partial charge >= 0.3 is 0 Å². The third-order valence-corrected chi connectivity index (χ3v) is 2.75. The highest BCUT2D eigenvalue weighted by Crippen LogP contribution is 2.13. The van der Waals surface area contributed by atoms with E-state index in [-0.39, 0.29) is 18.2 Å². The highest BCUT2D eigenvalue weighted by molar-refractivity contribution is 9.10. The number of hydrogen-bond donors (Lipinski definition) is 3. The van der Waals surface area contributed by atoms with Gasteiger partial charge in [-0.1, -0.05) is 0 Å². The predicted molar refractivity (Wildman–Crippen MR) is 75.0 cm³/mol. The Balaban J connectivity index is 2.36. The lowest BCUT2D eigenvalue weighted by molar-refractivity contribution is -0.128. The van der Waals surface area contributed by atoms with Crippen LogP contribution in [-0.2, 0) is 9.59 Å². The van der Waals surface area contributed by atoms with E-state index in [1.807, 2.05) is 0 Å². The van der Waals surface area contributed by atoms with E-state index >= 15 is 0 Å². The Labute approximate surface area is 124 Å². The van der Waals surface area contributed by atoms with Crippen LogP contribution in [-0.4, -0.2) is 36.9 Å². The van der Waals surface area contributed by atoms with Gasteiger partial charge < -0.3 is 20.4 Å². The van der Waals surface area contributed by atoms with Crippen LogP contribution in [0.25, 0.3) is 0 Å². The first-order valence-electron chi connectivity index (χ1n) is 6.04. The summed E-state index contributed by atoms with van der Waals surface area (Å²) in [6.45, 7) is 3.60. The molecule has 0 aromatic carbocycles. The normalized spacial score (nSPS) is 11.6. The van der Waals surface area contributed by atoms with Gasteiger partial charge in [-0.15, -0.1) is 0 Å². The van der Waals surface area contributed by atoms with Crippen molar-refractivity contribution >= 4 is 33.7 Å². The van der Waals surface area contributed by atoms with Gasteiger partial charge in [-0.05, 0) is 41.9 Å². The lowest BCUT2D eigenvalue weighted by Gasteiger charge is -2.13. The van der Waals surface area contributed by atoms with E-state index in [9.17, 15) is 14.4 Å². The average molecular weight is 346 g/mol. The minimum atomic E-state index is -0.655. The van der Waals surface area contributed by atoms with Gasteiger partial charge in [0.2, 0.25) is 11.8 Å². The van der Waals surface area contributed by atoms with Gasteiger partial charge in [0.05, 0.1) is 6.54 Å². The zero-order valence-electron chi connectivity index (χ0n) is 11.2. The number of rotatable bonds is 6. The number of hydrogen-bond acceptors (Lipinski definition) is 4. The van der Waals surface area contributed by atoms with Crippen molar-refractivity contribution in [1.82, 2.24) is 16.0 Å². The fraction of sp³-hybridized carbons (Fsp3) is 0.417. The minimum Gasteiger partial charge on any atom is -0.444 e. The quantitative estimate of drug-likeness (QED) is 0.695. The average Bonchev–Trinajstić information content (AvgIpc) is 2.83. The molecule has 0 aliphatic carbocycles. The second kappa shape index (κ2) is 7.68. The molecule has 0 unspecified atom stereocenters. The van der Waals surface area contributed by atoms with Crippen LogP contribution in [0.2, 0.25) is 0 Å². The van der Waals surface area contributed by atoms with Crippen LogP contribution in [0.5, 0.6) is 0 Å². The van der Waals surface area contributed by atoms with Crippen molar-refractivity contribution in [1.29, 1.82) is 0 Å². The van der Waals surface area contributed by atoms with Crippen molar-refractivity contribution in [3.05, 3.63) is 22.6 Å². The number of halogens is 1. The van der Waals surface area contributed by atoms with Crippen molar-refractivity contribution in [3.8, 4) is 0 Å². The fourth-order valence-corrected chi connectivity index (χ4v) is 1.68. The second-order valence-corrected chi connectivity index (χ2v) is 4.75. The number of furan rings is 1. The number of carbonyl (C=O) groups is 3. The van der Waals surface area contributed by atoms with Crippen LogP contribution < -0.4 is 16.0 Å². The third-order valence-electron chi connectivity index (χ3n) is 2.33. The molecule has 0 saturated heterocycles. The van der Waals surface area contributed by atoms with Crippen LogP contribution in [0.15, 0.2) is 21.2 Å². The summed E-state index contributed by atoms with van der Waals surface area (Å²) in [5, 5.41) is 7.44. The Hall–Kier alpha value is -1.83. The van der Waals surface area contributed by atoms with Gasteiger partial charge in [-0.3, -0.25) is 14.4 Å². The smallest absolute Gasteiger partial charge is 0.287 e. The maximum absolute atomic E-state index is 11.6. The predicted octanol–water partition coefficient (Wildman–Crippen LogP) is 0.413. The molecule has 0 aliphatic heterocycles. The molecule has 0 bridgehead atoms. The Morgan fingerprint density at radius 2 is 2.00 bits per heavy atom. The van der Waals surface area contributed by atoms with Crippen molar-refractivity contribution in [3.63, 3.8) is 0 Å². The molecule has 1 heterocycles. The Bertz CT molecular complexity index is 501. The van der Waals surface area contributed by atoms with E-state index in [2.05, 4.69) is 31.9 Å². The molecule has 8 heteroatoms. The first-order chi connectivity index (χ1) is 9.43. The van der Waals surface area contributed by atoms with Crippen LogP contribution >= 0.6 is 15.9 Å². The molecule has 0 aliphatic rings. The maximum Gasteiger partial charge on any atom is 0.287 e. The van der Waals surface area contributed by atoms with Gasteiger partial charge in [-0.2, -0.15) is 0 Å². The molecule has 1 rings (SSSR count). The summed E-state index contributed by atoms with van der Waals surface area (Å²) in [6, 6.07) is 2.40. The van der Waals surface area contributed by atoms with E-state index in [0.717, 1.165) is 0 Å². The lowest BCUT2D eigenvalue weighted by Crippen LogP contribution is -2.47. The largest absolute Gasteiger partial charge is 0.444 e. The molecule has 3 amide bonds. The highest BCUT2D eigenvalue weighted by atomic mass is 79.9. The van der Waals surface area contributed by atoms with Crippen molar-refractivity contribution < 1.29 is 18.8 Å². The first kappa shape index (κ1) is 16.2. The van der Waals surface area contributed by atoms with Crippen molar-refractivity contribution in [2.24, 2.45) is 0 Å². The highest BCUT2D eigenvalue weighted by Gasteiger charge is 2.16. The zero-order valence-corrected chi connectivity index (χ0v) is 12.7. The van der Waals surface area contributed by atoms with E-state index in [0.29, 0.717) is 11.2 Å². The Morgan fingerprint density at radius 3 is 2.55 bits per heavy atom. The number of likely N-dealkylation sites (N-methyl/N-ethyl adjacent to an activating group) is 1. The van der Waals surface area contributed by atoms with Crippen LogP contribution in [0, 0.1) is 0 Å². The van der Waals surface area contributed by atoms with Gasteiger partial charge in [0.15, 0.2) is 10.4 Å². The second-order valence-electron chi connectivity index (χ2n) is 3.97. The molecule has 7 nitrogen and oxygen atoms in total. The molecule has 0 radical (unpaired) electrons. The maximum atomic E-state index is 11.6. The van der Waals surface area contributed by atoms with Crippen LogP contribution in [0.1, 0.15) is 24.4 Å². The molecule has 0 spiro atoms. The lowest BCUT2D eigenvalue weighted by atomic mass is 10.3. The van der Waals surface area contributed by atoms with Gasteiger partial charge in [0, 0.05) is 6.54 Å². The van der Waals surface area contributed by atoms with Gasteiger partial charge in [0.1, 0.15) is 6.04 Å². The molecule has 1 aromatic rings. The molecule has 20 heavy (non-hydrogen) atoms. The minimum absolute atomic E-state index is 0.0986. The summed E-state index contributed by atoms with van der Waals surface area (Å²) < 4.78 is 5.47. The van der Waals surface area contributed by atoms with E-state index < -0.39 is 17.9 Å². The molecule has 3 N–H and O–H groups in total. The molecule has 0 fully saturated rings. The van der Waals surface area contributed by atoms with E-state index in [4.69, 9.17) is 4.42 Å². The van der Waals surface area contributed by atoms with Crippen LogP contribution in [0.3, 0.4) is 0 Å². The number of nitrogens with one attached hydrogen (secondary N) is 3. The first-order valence-corrected chi connectivity index (χ1v) is 6.84. The fourth-order valence-electron chi connectivity index (χ4n) is 1.37. The summed E-state index contributed by atoms with van der Waals surface area (Å²) in [4.78, 5) is 34.6. The molecular formula is C12H16BrN3O4. The summed E-state index contributed by atoms with van der Waals surface area (Å²) in [5.74, 6) is -1.14. The molecular weight excluding hydrogens is 330 g/mol. The molecule has 110 valence electrons. The van der Waals surface area contributed by atoms with Gasteiger partial charge in [-0.25, -0.2) is 0 Å². The Kier molecular flexibility index (Phi) is 6.23. The van der Waals surface area contributed by atoms with E-state index in [1.165, 1.54) is 6.07 Å². The van der Waals surface area contributed by atoms with Crippen LogP contribution in [0.4, 0.5) is 0 Å².